The number of rotatable bonds is 6. The van der Waals surface area contributed by atoms with E-state index < -0.39 is 22.3 Å². The van der Waals surface area contributed by atoms with Crippen LogP contribution in [0.2, 0.25) is 0 Å². The summed E-state index contributed by atoms with van der Waals surface area (Å²) in [5.74, 6) is -1.03. The van der Waals surface area contributed by atoms with Gasteiger partial charge in [0.05, 0.1) is 23.3 Å². The Morgan fingerprint density at radius 3 is 2.80 bits per heavy atom. The number of ether oxygens (including phenoxy) is 1. The second-order valence-electron chi connectivity index (χ2n) is 4.76. The fourth-order valence-corrected chi connectivity index (χ4v) is 2.43. The van der Waals surface area contributed by atoms with Crippen LogP contribution in [-0.2, 0) is 0 Å². The highest BCUT2D eigenvalue weighted by atomic mass is 79.9. The van der Waals surface area contributed by atoms with E-state index in [0.717, 1.165) is 6.07 Å². The number of benzene rings is 2. The van der Waals surface area contributed by atoms with Crippen molar-refractivity contribution >= 4 is 33.7 Å². The minimum atomic E-state index is -0.727. The lowest BCUT2D eigenvalue weighted by Gasteiger charge is -2.07. The van der Waals surface area contributed by atoms with E-state index in [4.69, 9.17) is 4.74 Å². The Hall–Kier alpha value is -2.94. The highest BCUT2D eigenvalue weighted by Crippen LogP contribution is 2.36. The topological polar surface area (TPSA) is 114 Å². The molecule has 0 heterocycles. The second kappa shape index (κ2) is 8.25. The van der Waals surface area contributed by atoms with Crippen LogP contribution in [0.25, 0.3) is 0 Å². The maximum absolute atomic E-state index is 12.0. The van der Waals surface area contributed by atoms with Crippen LogP contribution >= 0.6 is 15.9 Å². The van der Waals surface area contributed by atoms with Crippen LogP contribution in [0.3, 0.4) is 0 Å². The summed E-state index contributed by atoms with van der Waals surface area (Å²) in [6.45, 7) is 1.91. The monoisotopic (exact) mass is 407 g/mol. The highest BCUT2D eigenvalue weighted by molar-refractivity contribution is 9.10. The largest absolute Gasteiger partial charge is 0.500 e. The molecular formula is C16H14BrN3O5. The molecule has 0 spiro atoms. The fourth-order valence-electron chi connectivity index (χ4n) is 1.96. The van der Waals surface area contributed by atoms with E-state index in [-0.39, 0.29) is 12.4 Å². The fraction of sp³-hybridized carbons (Fsp3) is 0.125. The van der Waals surface area contributed by atoms with Crippen molar-refractivity contribution < 1.29 is 19.6 Å². The number of nitrogens with zero attached hydrogens (tertiary/aromatic N) is 2. The third kappa shape index (κ3) is 4.54. The predicted molar refractivity (Wildman–Crippen MR) is 95.1 cm³/mol. The van der Waals surface area contributed by atoms with E-state index in [2.05, 4.69) is 26.5 Å². The molecule has 130 valence electrons. The predicted octanol–water partition coefficient (Wildman–Crippen LogP) is 3.23. The van der Waals surface area contributed by atoms with Gasteiger partial charge < -0.3 is 9.84 Å². The molecule has 2 N–H and O–H groups in total. The van der Waals surface area contributed by atoms with Crippen molar-refractivity contribution in [3.63, 3.8) is 0 Å². The highest BCUT2D eigenvalue weighted by Gasteiger charge is 2.19. The Balaban J connectivity index is 2.21. The van der Waals surface area contributed by atoms with Crippen LogP contribution in [-0.4, -0.2) is 28.8 Å². The molecule has 2 aromatic rings. The summed E-state index contributed by atoms with van der Waals surface area (Å²) >= 11 is 3.26. The quantitative estimate of drug-likeness (QED) is 0.433. The molecule has 0 fully saturated rings. The van der Waals surface area contributed by atoms with Gasteiger partial charge in [-0.15, -0.1) is 0 Å². The maximum atomic E-state index is 12.0. The second-order valence-corrected chi connectivity index (χ2v) is 5.61. The lowest BCUT2D eigenvalue weighted by molar-refractivity contribution is -0.386. The summed E-state index contributed by atoms with van der Waals surface area (Å²) in [6.07, 6.45) is 1.23. The minimum Gasteiger partial charge on any atom is -0.500 e. The number of nitrogens with one attached hydrogen (secondary N) is 1. The van der Waals surface area contributed by atoms with Gasteiger partial charge in [-0.3, -0.25) is 14.9 Å². The number of nitro benzene ring substituents is 1. The first-order valence-corrected chi connectivity index (χ1v) is 7.95. The average molecular weight is 408 g/mol. The third-order valence-corrected chi connectivity index (χ3v) is 3.76. The molecule has 0 bridgehead atoms. The van der Waals surface area contributed by atoms with Crippen LogP contribution in [0.15, 0.2) is 46.0 Å². The van der Waals surface area contributed by atoms with Gasteiger partial charge >= 0.3 is 5.69 Å². The van der Waals surface area contributed by atoms with E-state index in [1.807, 2.05) is 0 Å². The number of nitro groups is 1. The van der Waals surface area contributed by atoms with Gasteiger partial charge in [0.1, 0.15) is 0 Å². The van der Waals surface area contributed by atoms with Gasteiger partial charge in [0.2, 0.25) is 5.75 Å². The normalized spacial score (nSPS) is 10.6. The van der Waals surface area contributed by atoms with E-state index >= 15 is 0 Å². The molecule has 0 aliphatic carbocycles. The smallest absolute Gasteiger partial charge is 0.315 e. The molecule has 1 amide bonds. The molecule has 9 heteroatoms. The van der Waals surface area contributed by atoms with Crippen LogP contribution in [0.5, 0.6) is 11.5 Å². The zero-order chi connectivity index (χ0) is 18.4. The Labute approximate surface area is 151 Å². The summed E-state index contributed by atoms with van der Waals surface area (Å²) in [4.78, 5) is 22.3. The van der Waals surface area contributed by atoms with Crippen molar-refractivity contribution in [3.05, 3.63) is 62.1 Å². The first kappa shape index (κ1) is 18.4. The Morgan fingerprint density at radius 1 is 1.44 bits per heavy atom. The Kier molecular flexibility index (Phi) is 6.07. The van der Waals surface area contributed by atoms with Crippen LogP contribution < -0.4 is 10.2 Å². The molecule has 25 heavy (non-hydrogen) atoms. The summed E-state index contributed by atoms with van der Waals surface area (Å²) in [5.41, 5.74) is 2.51. The lowest BCUT2D eigenvalue weighted by atomic mass is 10.2. The molecule has 0 saturated heterocycles. The number of halogens is 1. The molecule has 2 aromatic carbocycles. The van der Waals surface area contributed by atoms with Crippen molar-refractivity contribution in [1.82, 2.24) is 5.43 Å². The standard InChI is InChI=1S/C16H14BrN3O5/c1-2-25-14-8-10(7-13(15(14)21)20(23)24)9-18-19-16(22)11-5-3-4-6-12(11)17/h3-9,21H,2H2,1H3,(H,19,22)/b18-9-. The molecule has 2 rings (SSSR count). The molecule has 0 radical (unpaired) electrons. The summed E-state index contributed by atoms with van der Waals surface area (Å²) in [5, 5.41) is 24.6. The minimum absolute atomic E-state index is 0.0321. The number of carbonyl (C=O) groups excluding carboxylic acids is 1. The summed E-state index contributed by atoms with van der Waals surface area (Å²) < 4.78 is 5.78. The first-order valence-electron chi connectivity index (χ1n) is 7.16. The van der Waals surface area contributed by atoms with Gasteiger partial charge in [0, 0.05) is 16.1 Å². The number of carbonyl (C=O) groups is 1. The van der Waals surface area contributed by atoms with E-state index in [9.17, 15) is 20.0 Å². The van der Waals surface area contributed by atoms with Crippen molar-refractivity contribution in [2.45, 2.75) is 6.92 Å². The number of amides is 1. The van der Waals surface area contributed by atoms with Crippen molar-refractivity contribution in [3.8, 4) is 11.5 Å². The van der Waals surface area contributed by atoms with Crippen molar-refractivity contribution in [1.29, 1.82) is 0 Å². The molecule has 0 aliphatic heterocycles. The zero-order valence-electron chi connectivity index (χ0n) is 13.1. The van der Waals surface area contributed by atoms with Crippen LogP contribution in [0.1, 0.15) is 22.8 Å². The SMILES string of the molecule is CCOc1cc(/C=N\NC(=O)c2ccccc2Br)cc([N+](=O)[O-])c1O. The lowest BCUT2D eigenvalue weighted by Crippen LogP contribution is -2.18. The van der Waals surface area contributed by atoms with E-state index in [0.29, 0.717) is 15.6 Å². The molecule has 0 aliphatic rings. The Bertz CT molecular complexity index is 839. The van der Waals surface area contributed by atoms with E-state index in [1.165, 1.54) is 12.3 Å². The number of phenolic OH excluding ortho intramolecular Hbond substituents is 1. The first-order chi connectivity index (χ1) is 11.9. The number of hydrogen-bond donors (Lipinski definition) is 2. The molecule has 0 atom stereocenters. The van der Waals surface area contributed by atoms with Gasteiger partial charge in [-0.25, -0.2) is 5.43 Å². The number of phenols is 1. The zero-order valence-corrected chi connectivity index (χ0v) is 14.7. The van der Waals surface area contributed by atoms with Crippen LogP contribution in [0.4, 0.5) is 5.69 Å². The molecule has 0 aromatic heterocycles. The summed E-state index contributed by atoms with van der Waals surface area (Å²) in [7, 11) is 0. The van der Waals surface area contributed by atoms with Gasteiger partial charge in [-0.2, -0.15) is 5.10 Å². The number of hydrazone groups is 1. The van der Waals surface area contributed by atoms with Gasteiger partial charge in [-0.05, 0) is 41.1 Å². The number of hydrogen-bond acceptors (Lipinski definition) is 6. The van der Waals surface area contributed by atoms with E-state index in [1.54, 1.807) is 31.2 Å². The van der Waals surface area contributed by atoms with Gasteiger partial charge in [0.25, 0.3) is 5.91 Å². The maximum Gasteiger partial charge on any atom is 0.315 e. The summed E-state index contributed by atoms with van der Waals surface area (Å²) in [6, 6.07) is 9.34. The number of aromatic hydroxyl groups is 1. The van der Waals surface area contributed by atoms with Crippen molar-refractivity contribution in [2.75, 3.05) is 6.61 Å². The van der Waals surface area contributed by atoms with Gasteiger partial charge in [0.15, 0.2) is 5.75 Å². The Morgan fingerprint density at radius 2 is 2.16 bits per heavy atom. The molecule has 0 saturated carbocycles. The third-order valence-electron chi connectivity index (χ3n) is 3.07. The molecule has 8 nitrogen and oxygen atoms in total. The van der Waals surface area contributed by atoms with Crippen LogP contribution in [0, 0.1) is 10.1 Å². The van der Waals surface area contributed by atoms with Crippen molar-refractivity contribution in [2.24, 2.45) is 5.10 Å². The molecule has 0 unspecified atom stereocenters. The molecular weight excluding hydrogens is 394 g/mol. The average Bonchev–Trinajstić information content (AvgIpc) is 2.57. The van der Waals surface area contributed by atoms with Gasteiger partial charge in [-0.1, -0.05) is 12.1 Å².